The number of ether oxygens (including phenoxy) is 1. The van der Waals surface area contributed by atoms with Gasteiger partial charge in [0, 0.05) is 16.6 Å². The lowest BCUT2D eigenvalue weighted by atomic mass is 10.1. The van der Waals surface area contributed by atoms with Crippen LogP contribution in [0.4, 0.5) is 8.78 Å². The number of halogens is 3. The number of nitrogens with zero attached hydrogens (tertiary/aromatic N) is 2. The summed E-state index contributed by atoms with van der Waals surface area (Å²) in [6.07, 6.45) is 3.51. The van der Waals surface area contributed by atoms with Gasteiger partial charge in [0.25, 0.3) is 5.91 Å². The molecule has 2 heterocycles. The molecule has 0 aliphatic rings. The third-order valence-corrected chi connectivity index (χ3v) is 6.32. The van der Waals surface area contributed by atoms with E-state index in [1.165, 1.54) is 7.11 Å². The highest BCUT2D eigenvalue weighted by Gasteiger charge is 2.18. The van der Waals surface area contributed by atoms with E-state index in [0.717, 1.165) is 34.9 Å². The number of hydrogen-bond donors (Lipinski definition) is 1. The third-order valence-electron chi connectivity index (χ3n) is 4.59. The van der Waals surface area contributed by atoms with Crippen LogP contribution in [0.3, 0.4) is 0 Å². The summed E-state index contributed by atoms with van der Waals surface area (Å²) in [4.78, 5) is 17.3. The standard InChI is InChI=1S/C21H16ClF2N3O2S/c1-11-9-27(10-26-11)15-6-3-12(7-16(15)29-2)21(28)25-8-17-19(22)18-13(23)4-5-14(24)20(18)30-17/h3-7,9-10H,8H2,1-2H3,(H,25,28). The minimum atomic E-state index is -0.597. The molecule has 1 amide bonds. The van der Waals surface area contributed by atoms with Crippen LogP contribution >= 0.6 is 22.9 Å². The molecule has 0 fully saturated rings. The minimum absolute atomic E-state index is 0.0348. The second-order valence-corrected chi connectivity index (χ2v) is 8.05. The number of fused-ring (bicyclic) bond motifs is 1. The Bertz CT molecular complexity index is 1270. The van der Waals surface area contributed by atoms with E-state index in [4.69, 9.17) is 16.3 Å². The van der Waals surface area contributed by atoms with E-state index in [9.17, 15) is 13.6 Å². The molecular formula is C21H16ClF2N3O2S. The van der Waals surface area contributed by atoms with Crippen molar-refractivity contribution in [1.82, 2.24) is 14.9 Å². The maximum atomic E-state index is 14.0. The van der Waals surface area contributed by atoms with Crippen LogP contribution in [0.25, 0.3) is 15.8 Å². The van der Waals surface area contributed by atoms with Gasteiger partial charge in [-0.25, -0.2) is 13.8 Å². The van der Waals surface area contributed by atoms with Crippen LogP contribution in [-0.4, -0.2) is 22.6 Å². The van der Waals surface area contributed by atoms with Crippen LogP contribution in [-0.2, 0) is 6.54 Å². The third kappa shape index (κ3) is 3.64. The zero-order valence-electron chi connectivity index (χ0n) is 16.0. The van der Waals surface area contributed by atoms with E-state index in [1.807, 2.05) is 13.1 Å². The Morgan fingerprint density at radius 3 is 2.70 bits per heavy atom. The number of benzene rings is 2. The second-order valence-electron chi connectivity index (χ2n) is 6.56. The number of aryl methyl sites for hydroxylation is 1. The Morgan fingerprint density at radius 1 is 1.27 bits per heavy atom. The van der Waals surface area contributed by atoms with Gasteiger partial charge in [0.05, 0.1) is 46.5 Å². The highest BCUT2D eigenvalue weighted by Crippen LogP contribution is 2.38. The summed E-state index contributed by atoms with van der Waals surface area (Å²) in [5.41, 5.74) is 1.97. The first-order chi connectivity index (χ1) is 14.4. The van der Waals surface area contributed by atoms with Crippen LogP contribution in [0.5, 0.6) is 5.75 Å². The maximum absolute atomic E-state index is 14.0. The van der Waals surface area contributed by atoms with Crippen LogP contribution < -0.4 is 10.1 Å². The molecule has 5 nitrogen and oxygen atoms in total. The molecule has 154 valence electrons. The first kappa shape index (κ1) is 20.3. The monoisotopic (exact) mass is 447 g/mol. The largest absolute Gasteiger partial charge is 0.495 e. The van der Waals surface area contributed by atoms with Gasteiger partial charge < -0.3 is 14.6 Å². The van der Waals surface area contributed by atoms with Crippen LogP contribution in [0.15, 0.2) is 42.9 Å². The molecule has 2 aromatic carbocycles. The number of thiophene rings is 1. The SMILES string of the molecule is COc1cc(C(=O)NCc2sc3c(F)ccc(F)c3c2Cl)ccc1-n1cnc(C)c1. The van der Waals surface area contributed by atoms with Crippen LogP contribution in [0.1, 0.15) is 20.9 Å². The quantitative estimate of drug-likeness (QED) is 0.453. The van der Waals surface area contributed by atoms with Gasteiger partial charge in [0.1, 0.15) is 17.4 Å². The Balaban J connectivity index is 1.56. The van der Waals surface area contributed by atoms with Gasteiger partial charge in [-0.1, -0.05) is 11.6 Å². The van der Waals surface area contributed by atoms with Gasteiger partial charge >= 0.3 is 0 Å². The molecule has 2 aromatic heterocycles. The summed E-state index contributed by atoms with van der Waals surface area (Å²) in [5.74, 6) is -1.01. The zero-order chi connectivity index (χ0) is 21.4. The highest BCUT2D eigenvalue weighted by atomic mass is 35.5. The number of hydrogen-bond acceptors (Lipinski definition) is 4. The molecule has 4 aromatic rings. The number of rotatable bonds is 5. The van der Waals surface area contributed by atoms with Crippen molar-refractivity contribution in [2.75, 3.05) is 7.11 Å². The van der Waals surface area contributed by atoms with E-state index in [0.29, 0.717) is 16.2 Å². The van der Waals surface area contributed by atoms with Gasteiger partial charge in [0.2, 0.25) is 0 Å². The average Bonchev–Trinajstić information content (AvgIpc) is 3.32. The zero-order valence-corrected chi connectivity index (χ0v) is 17.6. The number of amides is 1. The molecule has 0 atom stereocenters. The molecule has 0 unspecified atom stereocenters. The van der Waals surface area contributed by atoms with Crippen LogP contribution in [0.2, 0.25) is 5.02 Å². The summed E-state index contributed by atoms with van der Waals surface area (Å²) in [5, 5.41) is 2.88. The molecule has 0 aliphatic heterocycles. The normalized spacial score (nSPS) is 11.1. The van der Waals surface area contributed by atoms with Gasteiger partial charge in [0.15, 0.2) is 0 Å². The number of imidazole rings is 1. The van der Waals surface area contributed by atoms with Crippen LogP contribution in [0, 0.1) is 18.6 Å². The Labute approximate surface area is 179 Å². The molecule has 30 heavy (non-hydrogen) atoms. The predicted molar refractivity (Wildman–Crippen MR) is 113 cm³/mol. The Morgan fingerprint density at radius 2 is 2.03 bits per heavy atom. The van der Waals surface area contributed by atoms with Gasteiger partial charge in [-0.2, -0.15) is 0 Å². The van der Waals surface area contributed by atoms with E-state index in [-0.39, 0.29) is 27.6 Å². The number of methoxy groups -OCH3 is 1. The van der Waals surface area contributed by atoms with E-state index in [2.05, 4.69) is 10.3 Å². The number of carbonyl (C=O) groups is 1. The van der Waals surface area contributed by atoms with Gasteiger partial charge in [-0.05, 0) is 37.3 Å². The number of nitrogens with one attached hydrogen (secondary N) is 1. The Hall–Kier alpha value is -2.97. The molecule has 1 N–H and O–H groups in total. The summed E-state index contributed by atoms with van der Waals surface area (Å²) in [6.45, 7) is 1.92. The first-order valence-corrected chi connectivity index (χ1v) is 10.1. The molecular weight excluding hydrogens is 432 g/mol. The fourth-order valence-electron chi connectivity index (χ4n) is 3.11. The van der Waals surface area contributed by atoms with Crippen molar-refractivity contribution < 1.29 is 18.3 Å². The fourth-order valence-corrected chi connectivity index (χ4v) is 4.58. The number of carbonyl (C=O) groups excluding carboxylic acids is 1. The van der Waals surface area contributed by atoms with Crippen molar-refractivity contribution in [2.45, 2.75) is 13.5 Å². The van der Waals surface area contributed by atoms with Crippen molar-refractivity contribution in [3.05, 3.63) is 75.6 Å². The minimum Gasteiger partial charge on any atom is -0.495 e. The average molecular weight is 448 g/mol. The lowest BCUT2D eigenvalue weighted by Crippen LogP contribution is -2.22. The summed E-state index contributed by atoms with van der Waals surface area (Å²) in [7, 11) is 1.52. The lowest BCUT2D eigenvalue weighted by molar-refractivity contribution is 0.0951. The molecule has 4 rings (SSSR count). The van der Waals surface area contributed by atoms with Crippen molar-refractivity contribution >= 4 is 38.9 Å². The second kappa shape index (κ2) is 8.04. The molecule has 0 bridgehead atoms. The van der Waals surface area contributed by atoms with Gasteiger partial charge in [-0.15, -0.1) is 11.3 Å². The summed E-state index contributed by atoms with van der Waals surface area (Å²) < 4.78 is 35.3. The van der Waals surface area contributed by atoms with Crippen molar-refractivity contribution in [3.63, 3.8) is 0 Å². The first-order valence-electron chi connectivity index (χ1n) is 8.91. The predicted octanol–water partition coefficient (Wildman–Crippen LogP) is 5.27. The van der Waals surface area contributed by atoms with Crippen molar-refractivity contribution in [1.29, 1.82) is 0 Å². The van der Waals surface area contributed by atoms with E-state index >= 15 is 0 Å². The fraction of sp³-hybridized carbons (Fsp3) is 0.143. The van der Waals surface area contributed by atoms with E-state index in [1.54, 1.807) is 29.1 Å². The van der Waals surface area contributed by atoms with E-state index < -0.39 is 11.6 Å². The molecule has 0 saturated heterocycles. The number of aromatic nitrogens is 2. The lowest BCUT2D eigenvalue weighted by Gasteiger charge is -2.11. The topological polar surface area (TPSA) is 56.1 Å². The molecule has 0 aliphatic carbocycles. The molecule has 0 spiro atoms. The van der Waals surface area contributed by atoms with Crippen molar-refractivity contribution in [3.8, 4) is 11.4 Å². The highest BCUT2D eigenvalue weighted by molar-refractivity contribution is 7.19. The molecule has 0 radical (unpaired) electrons. The summed E-state index contributed by atoms with van der Waals surface area (Å²) in [6, 6.07) is 7.13. The van der Waals surface area contributed by atoms with Crippen molar-refractivity contribution in [2.24, 2.45) is 0 Å². The smallest absolute Gasteiger partial charge is 0.251 e. The maximum Gasteiger partial charge on any atom is 0.251 e. The molecule has 0 saturated carbocycles. The Kier molecular flexibility index (Phi) is 5.44. The van der Waals surface area contributed by atoms with Gasteiger partial charge in [-0.3, -0.25) is 4.79 Å². The summed E-state index contributed by atoms with van der Waals surface area (Å²) >= 11 is 7.24. The molecule has 9 heteroatoms.